The highest BCUT2D eigenvalue weighted by Crippen LogP contribution is 2.44. The molecule has 2 heterocycles. The number of nitrogens with one attached hydrogen (secondary N) is 1. The molecule has 1 unspecified atom stereocenters. The first kappa shape index (κ1) is 27.8. The Kier molecular flexibility index (Phi) is 7.46. The molecule has 6 rings (SSSR count). The molecule has 5 aromatic rings. The normalized spacial score (nSPS) is 12.8. The van der Waals surface area contributed by atoms with Crippen LogP contribution in [0.1, 0.15) is 28.3 Å². The topological polar surface area (TPSA) is 111 Å². The van der Waals surface area contributed by atoms with E-state index in [0.29, 0.717) is 28.5 Å². The second-order valence-electron chi connectivity index (χ2n) is 10.4. The van der Waals surface area contributed by atoms with Gasteiger partial charge in [0.1, 0.15) is 18.3 Å². The molecule has 0 spiro atoms. The number of nitrogens with zero attached hydrogens (tertiary/aromatic N) is 2. The van der Waals surface area contributed by atoms with Crippen LogP contribution in [0, 0.1) is 6.92 Å². The van der Waals surface area contributed by atoms with Crippen molar-refractivity contribution in [1.29, 1.82) is 0 Å². The molecule has 2 aromatic heterocycles. The van der Waals surface area contributed by atoms with Gasteiger partial charge in [-0.25, -0.2) is 14.6 Å². The van der Waals surface area contributed by atoms with E-state index in [4.69, 9.17) is 19.2 Å². The fourth-order valence-electron chi connectivity index (χ4n) is 5.84. The standard InChI is InChI=1S/C34H31N3O6/c1-20-9-8-16-37-28(31(36-32(20)37)21-14-15-29(41-2)30(17-21)42-3)18-27(33(38)39)35-34(40)43-19-26-24-12-6-4-10-22(24)23-11-5-7-13-25(23)26/h4-17,26-27H,18-19H2,1-3H3,(H,35,40)(H,38,39). The molecule has 9 nitrogen and oxygen atoms in total. The van der Waals surface area contributed by atoms with Crippen molar-refractivity contribution in [2.75, 3.05) is 20.8 Å². The van der Waals surface area contributed by atoms with Crippen molar-refractivity contribution >= 4 is 17.7 Å². The average molecular weight is 578 g/mol. The average Bonchev–Trinajstić information content (AvgIpc) is 3.55. The summed E-state index contributed by atoms with van der Waals surface area (Å²) in [6.07, 6.45) is 1.00. The molecule has 9 heteroatoms. The SMILES string of the molecule is COc1ccc(-c2nc3c(C)cccn3c2CC(NC(=O)OCC2c3ccccc3-c3ccccc32)C(=O)O)cc1OC. The second-order valence-corrected chi connectivity index (χ2v) is 10.4. The lowest BCUT2D eigenvalue weighted by atomic mass is 9.98. The number of benzene rings is 3. The number of carboxylic acids is 1. The number of rotatable bonds is 9. The van der Waals surface area contributed by atoms with E-state index in [1.54, 1.807) is 26.4 Å². The van der Waals surface area contributed by atoms with E-state index in [2.05, 4.69) is 17.4 Å². The van der Waals surface area contributed by atoms with Crippen LogP contribution in [-0.2, 0) is 16.0 Å². The molecule has 0 saturated heterocycles. The Balaban J connectivity index is 1.26. The predicted molar refractivity (Wildman–Crippen MR) is 162 cm³/mol. The molecular formula is C34H31N3O6. The molecule has 1 aliphatic rings. The summed E-state index contributed by atoms with van der Waals surface area (Å²) in [5.41, 5.74) is 7.91. The van der Waals surface area contributed by atoms with Gasteiger partial charge in [0.25, 0.3) is 0 Å². The first-order chi connectivity index (χ1) is 20.9. The lowest BCUT2D eigenvalue weighted by molar-refractivity contribution is -0.139. The van der Waals surface area contributed by atoms with Crippen molar-refractivity contribution < 1.29 is 28.9 Å². The van der Waals surface area contributed by atoms with Gasteiger partial charge in [0.2, 0.25) is 0 Å². The van der Waals surface area contributed by atoms with Gasteiger partial charge in [-0.05, 0) is 59.0 Å². The number of ether oxygens (including phenoxy) is 3. The van der Waals surface area contributed by atoms with Crippen LogP contribution in [0.3, 0.4) is 0 Å². The van der Waals surface area contributed by atoms with Crippen LogP contribution in [0.5, 0.6) is 11.5 Å². The predicted octanol–water partition coefficient (Wildman–Crippen LogP) is 5.86. The molecule has 43 heavy (non-hydrogen) atoms. The molecule has 1 atom stereocenters. The number of amides is 1. The minimum atomic E-state index is -1.27. The van der Waals surface area contributed by atoms with Gasteiger partial charge in [0.15, 0.2) is 11.5 Å². The molecule has 0 fully saturated rings. The number of aryl methyl sites for hydroxylation is 1. The Labute approximate surface area is 248 Å². The number of carboxylic acid groups (broad SMARTS) is 1. The van der Waals surface area contributed by atoms with Gasteiger partial charge in [0, 0.05) is 24.1 Å². The van der Waals surface area contributed by atoms with Crippen molar-refractivity contribution in [3.05, 3.63) is 107 Å². The monoisotopic (exact) mass is 577 g/mol. The van der Waals surface area contributed by atoms with Gasteiger partial charge in [-0.2, -0.15) is 0 Å². The summed E-state index contributed by atoms with van der Waals surface area (Å²) in [6.45, 7) is 2.02. The Hall–Kier alpha value is -5.31. The first-order valence-electron chi connectivity index (χ1n) is 13.9. The zero-order chi connectivity index (χ0) is 30.1. The molecule has 0 saturated carbocycles. The van der Waals surface area contributed by atoms with E-state index in [0.717, 1.165) is 33.4 Å². The number of carbonyl (C=O) groups excluding carboxylic acids is 1. The van der Waals surface area contributed by atoms with Crippen LogP contribution >= 0.6 is 0 Å². The third kappa shape index (κ3) is 5.14. The summed E-state index contributed by atoms with van der Waals surface area (Å²) in [5, 5.41) is 12.7. The molecule has 0 bridgehead atoms. The van der Waals surface area contributed by atoms with E-state index in [1.165, 1.54) is 0 Å². The van der Waals surface area contributed by atoms with Gasteiger partial charge in [-0.15, -0.1) is 0 Å². The van der Waals surface area contributed by atoms with Crippen LogP contribution in [0.4, 0.5) is 4.79 Å². The number of fused-ring (bicyclic) bond motifs is 4. The largest absolute Gasteiger partial charge is 0.493 e. The fraction of sp³-hybridized carbons (Fsp3) is 0.206. The zero-order valence-corrected chi connectivity index (χ0v) is 24.0. The van der Waals surface area contributed by atoms with Gasteiger partial charge in [-0.3, -0.25) is 0 Å². The number of aliphatic carboxylic acids is 1. The molecule has 3 aromatic carbocycles. The number of pyridine rings is 1. The van der Waals surface area contributed by atoms with Crippen LogP contribution in [0.15, 0.2) is 85.1 Å². The minimum absolute atomic E-state index is 0.0339. The summed E-state index contributed by atoms with van der Waals surface area (Å²) < 4.78 is 18.4. The quantitative estimate of drug-likeness (QED) is 0.226. The number of imidazole rings is 1. The molecule has 0 aliphatic heterocycles. The number of hydrogen-bond donors (Lipinski definition) is 2. The number of carbonyl (C=O) groups is 2. The zero-order valence-electron chi connectivity index (χ0n) is 24.0. The summed E-state index contributed by atoms with van der Waals surface area (Å²) in [4.78, 5) is 30.4. The smallest absolute Gasteiger partial charge is 0.407 e. The molecular weight excluding hydrogens is 546 g/mol. The number of aromatic nitrogens is 2. The van der Waals surface area contributed by atoms with E-state index >= 15 is 0 Å². The second kappa shape index (κ2) is 11.5. The van der Waals surface area contributed by atoms with Gasteiger partial charge in [-0.1, -0.05) is 54.6 Å². The Morgan fingerprint density at radius 2 is 1.60 bits per heavy atom. The van der Waals surface area contributed by atoms with E-state index in [1.807, 2.05) is 72.1 Å². The van der Waals surface area contributed by atoms with E-state index < -0.39 is 18.1 Å². The first-order valence-corrected chi connectivity index (χ1v) is 13.9. The van der Waals surface area contributed by atoms with Crippen LogP contribution in [0.25, 0.3) is 28.0 Å². The Morgan fingerprint density at radius 1 is 0.930 bits per heavy atom. The van der Waals surface area contributed by atoms with Gasteiger partial charge >= 0.3 is 12.1 Å². The van der Waals surface area contributed by atoms with Crippen LogP contribution in [-0.4, -0.2) is 53.4 Å². The number of methoxy groups -OCH3 is 2. The summed E-state index contributed by atoms with van der Waals surface area (Å²) in [5.74, 6) is -0.242. The summed E-state index contributed by atoms with van der Waals surface area (Å²) in [7, 11) is 3.11. The van der Waals surface area contributed by atoms with Gasteiger partial charge < -0.3 is 29.0 Å². The number of hydrogen-bond acceptors (Lipinski definition) is 6. The molecule has 1 amide bonds. The maximum absolute atomic E-state index is 13.0. The van der Waals surface area contributed by atoms with Crippen LogP contribution in [0.2, 0.25) is 0 Å². The molecule has 2 N–H and O–H groups in total. The molecule has 0 radical (unpaired) electrons. The highest BCUT2D eigenvalue weighted by molar-refractivity contribution is 5.82. The Morgan fingerprint density at radius 3 is 2.26 bits per heavy atom. The van der Waals surface area contributed by atoms with Gasteiger partial charge in [0.05, 0.1) is 25.6 Å². The van der Waals surface area contributed by atoms with Crippen molar-refractivity contribution in [1.82, 2.24) is 14.7 Å². The van der Waals surface area contributed by atoms with E-state index in [9.17, 15) is 14.7 Å². The lowest BCUT2D eigenvalue weighted by Crippen LogP contribution is -2.43. The maximum Gasteiger partial charge on any atom is 0.407 e. The number of alkyl carbamates (subject to hydrolysis) is 1. The van der Waals surface area contributed by atoms with Crippen molar-refractivity contribution in [2.24, 2.45) is 0 Å². The maximum atomic E-state index is 13.0. The minimum Gasteiger partial charge on any atom is -0.493 e. The summed E-state index contributed by atoms with van der Waals surface area (Å²) in [6, 6.07) is 24.0. The summed E-state index contributed by atoms with van der Waals surface area (Å²) >= 11 is 0. The van der Waals surface area contributed by atoms with Crippen LogP contribution < -0.4 is 14.8 Å². The molecule has 218 valence electrons. The van der Waals surface area contributed by atoms with Crippen molar-refractivity contribution in [3.63, 3.8) is 0 Å². The fourth-order valence-corrected chi connectivity index (χ4v) is 5.84. The van der Waals surface area contributed by atoms with Crippen molar-refractivity contribution in [3.8, 4) is 33.9 Å². The highest BCUT2D eigenvalue weighted by atomic mass is 16.5. The Bertz CT molecular complexity index is 1800. The lowest BCUT2D eigenvalue weighted by Gasteiger charge is -2.18. The third-order valence-electron chi connectivity index (χ3n) is 7.93. The van der Waals surface area contributed by atoms with Crippen molar-refractivity contribution in [2.45, 2.75) is 25.3 Å². The van der Waals surface area contributed by atoms with E-state index in [-0.39, 0.29) is 18.9 Å². The third-order valence-corrected chi connectivity index (χ3v) is 7.93. The highest BCUT2D eigenvalue weighted by Gasteiger charge is 2.30. The molecule has 1 aliphatic carbocycles.